The molecule has 0 fully saturated rings. The number of rotatable bonds is 4. The van der Waals surface area contributed by atoms with Gasteiger partial charge in [-0.3, -0.25) is 0 Å². The second-order valence-electron chi connectivity index (χ2n) is 3.63. The third kappa shape index (κ3) is 3.40. The number of aromatic nitrogens is 2. The predicted molar refractivity (Wildman–Crippen MR) is 67.5 cm³/mol. The Labute approximate surface area is 99.1 Å². The summed E-state index contributed by atoms with van der Waals surface area (Å²) in [4.78, 5) is 10.8. The van der Waals surface area contributed by atoms with E-state index >= 15 is 0 Å². The fourth-order valence-electron chi connectivity index (χ4n) is 1.26. The second kappa shape index (κ2) is 5.48. The lowest BCUT2D eigenvalue weighted by atomic mass is 10.2. The van der Waals surface area contributed by atoms with Gasteiger partial charge in [0.25, 0.3) is 0 Å². The Hall–Kier alpha value is -0.390. The summed E-state index contributed by atoms with van der Waals surface area (Å²) in [5.41, 5.74) is 0. The average molecular weight is 305 g/mol. The highest BCUT2D eigenvalue weighted by molar-refractivity contribution is 14.1. The largest absolute Gasteiger partial charge is 0.341 e. The van der Waals surface area contributed by atoms with Crippen molar-refractivity contribution in [2.75, 3.05) is 18.0 Å². The molecule has 3 nitrogen and oxygen atoms in total. The van der Waals surface area contributed by atoms with Gasteiger partial charge in [-0.25, -0.2) is 9.97 Å². The van der Waals surface area contributed by atoms with Crippen LogP contribution in [-0.4, -0.2) is 23.1 Å². The third-order valence-corrected chi connectivity index (χ3v) is 2.41. The van der Waals surface area contributed by atoms with Crippen molar-refractivity contribution < 1.29 is 0 Å². The summed E-state index contributed by atoms with van der Waals surface area (Å²) in [5, 5.41) is 0. The Morgan fingerprint density at radius 1 is 1.36 bits per heavy atom. The van der Waals surface area contributed by atoms with Crippen LogP contribution in [0.25, 0.3) is 0 Å². The summed E-state index contributed by atoms with van der Waals surface area (Å²) >= 11 is 2.21. The van der Waals surface area contributed by atoms with Crippen molar-refractivity contribution in [1.82, 2.24) is 9.97 Å². The first kappa shape index (κ1) is 11.7. The molecule has 0 aliphatic carbocycles. The maximum absolute atomic E-state index is 4.31. The van der Waals surface area contributed by atoms with Gasteiger partial charge in [0.05, 0.1) is 0 Å². The van der Waals surface area contributed by atoms with Crippen LogP contribution >= 0.6 is 22.6 Å². The molecule has 0 atom stereocenters. The zero-order valence-corrected chi connectivity index (χ0v) is 11.0. The van der Waals surface area contributed by atoms with Gasteiger partial charge in [-0.1, -0.05) is 13.8 Å². The van der Waals surface area contributed by atoms with Crippen LogP contribution in [0.5, 0.6) is 0 Å². The first-order valence-corrected chi connectivity index (χ1v) is 5.93. The molecule has 0 bridgehead atoms. The Bertz CT molecular complexity index is 271. The highest BCUT2D eigenvalue weighted by atomic mass is 127. The molecule has 0 aliphatic heterocycles. The van der Waals surface area contributed by atoms with E-state index in [0.717, 1.165) is 22.6 Å². The van der Waals surface area contributed by atoms with Gasteiger partial charge in [0.2, 0.25) is 5.95 Å². The van der Waals surface area contributed by atoms with Crippen LogP contribution in [-0.2, 0) is 0 Å². The first-order chi connectivity index (χ1) is 6.63. The minimum atomic E-state index is 0.637. The van der Waals surface area contributed by atoms with Gasteiger partial charge in [-0.05, 0) is 35.4 Å². The van der Waals surface area contributed by atoms with Crippen molar-refractivity contribution in [2.24, 2.45) is 5.92 Å². The molecule has 0 spiro atoms. The zero-order chi connectivity index (χ0) is 10.6. The number of anilines is 1. The van der Waals surface area contributed by atoms with E-state index < -0.39 is 0 Å². The second-order valence-corrected chi connectivity index (χ2v) is 4.88. The van der Waals surface area contributed by atoms with Gasteiger partial charge in [-0.15, -0.1) is 0 Å². The fraction of sp³-hybridized carbons (Fsp3) is 0.600. The molecule has 0 radical (unpaired) electrons. The summed E-state index contributed by atoms with van der Waals surface area (Å²) in [6.45, 7) is 8.50. The third-order valence-electron chi connectivity index (χ3n) is 1.86. The molecule has 14 heavy (non-hydrogen) atoms. The van der Waals surface area contributed by atoms with Crippen molar-refractivity contribution in [3.8, 4) is 0 Å². The Morgan fingerprint density at radius 2 is 1.93 bits per heavy atom. The lowest BCUT2D eigenvalue weighted by Crippen LogP contribution is -2.28. The van der Waals surface area contributed by atoms with Gasteiger partial charge in [0.1, 0.15) is 0 Å². The number of nitrogens with zero attached hydrogens (tertiary/aromatic N) is 3. The van der Waals surface area contributed by atoms with Gasteiger partial charge in [0, 0.05) is 29.1 Å². The van der Waals surface area contributed by atoms with Gasteiger partial charge in [-0.2, -0.15) is 0 Å². The molecule has 1 rings (SSSR count). The number of hydrogen-bond acceptors (Lipinski definition) is 3. The normalized spacial score (nSPS) is 10.6. The van der Waals surface area contributed by atoms with Gasteiger partial charge in [0.15, 0.2) is 0 Å². The van der Waals surface area contributed by atoms with Crippen LogP contribution in [0.4, 0.5) is 5.95 Å². The molecule has 0 saturated carbocycles. The van der Waals surface area contributed by atoms with Crippen LogP contribution < -0.4 is 4.90 Å². The van der Waals surface area contributed by atoms with Crippen LogP contribution in [0.2, 0.25) is 0 Å². The van der Waals surface area contributed by atoms with E-state index in [0.29, 0.717) is 5.92 Å². The standard InChI is InChI=1S/C10H16IN3/c1-4-14(7-8(2)3)10-12-5-9(11)6-13-10/h5-6,8H,4,7H2,1-3H3. The average Bonchev–Trinajstić information content (AvgIpc) is 2.15. The molecule has 78 valence electrons. The molecule has 0 amide bonds. The first-order valence-electron chi connectivity index (χ1n) is 4.86. The van der Waals surface area contributed by atoms with Crippen molar-refractivity contribution in [2.45, 2.75) is 20.8 Å². The highest BCUT2D eigenvalue weighted by Crippen LogP contribution is 2.10. The lowest BCUT2D eigenvalue weighted by Gasteiger charge is -2.22. The maximum Gasteiger partial charge on any atom is 0.225 e. The van der Waals surface area contributed by atoms with E-state index in [-0.39, 0.29) is 0 Å². The Balaban J connectivity index is 2.73. The van der Waals surface area contributed by atoms with Crippen molar-refractivity contribution in [3.63, 3.8) is 0 Å². The summed E-state index contributed by atoms with van der Waals surface area (Å²) < 4.78 is 1.08. The highest BCUT2D eigenvalue weighted by Gasteiger charge is 2.08. The smallest absolute Gasteiger partial charge is 0.225 e. The minimum absolute atomic E-state index is 0.637. The van der Waals surface area contributed by atoms with E-state index in [1.54, 1.807) is 0 Å². The molecule has 1 aromatic heterocycles. The number of halogens is 1. The molecule has 1 heterocycles. The van der Waals surface area contributed by atoms with E-state index in [2.05, 4.69) is 58.2 Å². The summed E-state index contributed by atoms with van der Waals surface area (Å²) in [5.74, 6) is 1.47. The van der Waals surface area contributed by atoms with E-state index in [1.165, 1.54) is 0 Å². The summed E-state index contributed by atoms with van der Waals surface area (Å²) in [6.07, 6.45) is 3.71. The number of hydrogen-bond donors (Lipinski definition) is 0. The van der Waals surface area contributed by atoms with Crippen LogP contribution in [0.3, 0.4) is 0 Å². The monoisotopic (exact) mass is 305 g/mol. The summed E-state index contributed by atoms with van der Waals surface area (Å²) in [6, 6.07) is 0. The molecule has 4 heteroatoms. The fourth-order valence-corrected chi connectivity index (χ4v) is 1.54. The Kier molecular flexibility index (Phi) is 4.57. The molecular weight excluding hydrogens is 289 g/mol. The van der Waals surface area contributed by atoms with Crippen LogP contribution in [0.15, 0.2) is 12.4 Å². The molecule has 0 aromatic carbocycles. The zero-order valence-electron chi connectivity index (χ0n) is 8.87. The quantitative estimate of drug-likeness (QED) is 0.801. The van der Waals surface area contributed by atoms with Crippen molar-refractivity contribution in [3.05, 3.63) is 16.0 Å². The predicted octanol–water partition coefficient (Wildman–Crippen LogP) is 2.56. The minimum Gasteiger partial charge on any atom is -0.341 e. The van der Waals surface area contributed by atoms with Crippen LogP contribution in [0, 0.1) is 9.49 Å². The molecule has 0 unspecified atom stereocenters. The topological polar surface area (TPSA) is 29.0 Å². The van der Waals surface area contributed by atoms with Crippen molar-refractivity contribution in [1.29, 1.82) is 0 Å². The maximum atomic E-state index is 4.31. The van der Waals surface area contributed by atoms with Gasteiger partial charge >= 0.3 is 0 Å². The summed E-state index contributed by atoms with van der Waals surface area (Å²) in [7, 11) is 0. The van der Waals surface area contributed by atoms with Gasteiger partial charge < -0.3 is 4.90 Å². The SMILES string of the molecule is CCN(CC(C)C)c1ncc(I)cn1. The lowest BCUT2D eigenvalue weighted by molar-refractivity contribution is 0.609. The van der Waals surface area contributed by atoms with E-state index in [9.17, 15) is 0 Å². The molecule has 0 aliphatic rings. The van der Waals surface area contributed by atoms with E-state index in [1.807, 2.05) is 12.4 Å². The molecule has 0 saturated heterocycles. The molecule has 0 N–H and O–H groups in total. The van der Waals surface area contributed by atoms with Crippen molar-refractivity contribution >= 4 is 28.5 Å². The Morgan fingerprint density at radius 3 is 2.36 bits per heavy atom. The molecule has 1 aromatic rings. The van der Waals surface area contributed by atoms with E-state index in [4.69, 9.17) is 0 Å². The van der Waals surface area contributed by atoms with Crippen LogP contribution in [0.1, 0.15) is 20.8 Å². The molecular formula is C10H16IN3.